The molecule has 2 rings (SSSR count). The number of aliphatic hydroxyl groups is 1. The van der Waals surface area contributed by atoms with E-state index in [9.17, 15) is 9.50 Å². The Kier molecular flexibility index (Phi) is 4.54. The molecule has 17 heavy (non-hydrogen) atoms. The highest BCUT2D eigenvalue weighted by molar-refractivity contribution is 9.10. The van der Waals surface area contributed by atoms with E-state index in [4.69, 9.17) is 4.74 Å². The summed E-state index contributed by atoms with van der Waals surface area (Å²) in [5, 5.41) is 10.0. The van der Waals surface area contributed by atoms with Crippen LogP contribution in [0, 0.1) is 5.82 Å². The SMILES string of the molecule is OC(CCC1CCCO1)c1ccc(F)cc1Br. The number of halogens is 2. The molecule has 0 aromatic heterocycles. The highest BCUT2D eigenvalue weighted by Gasteiger charge is 2.18. The Bertz CT molecular complexity index is 378. The maximum Gasteiger partial charge on any atom is 0.124 e. The molecular formula is C13H16BrFO2. The normalized spacial score (nSPS) is 21.7. The van der Waals surface area contributed by atoms with Crippen LogP contribution >= 0.6 is 15.9 Å². The van der Waals surface area contributed by atoms with Crippen molar-refractivity contribution in [2.75, 3.05) is 6.61 Å². The molecule has 1 aliphatic rings. The van der Waals surface area contributed by atoms with Gasteiger partial charge >= 0.3 is 0 Å². The number of rotatable bonds is 4. The molecule has 0 aliphatic carbocycles. The number of aliphatic hydroxyl groups excluding tert-OH is 1. The van der Waals surface area contributed by atoms with Gasteiger partial charge in [0.25, 0.3) is 0 Å². The van der Waals surface area contributed by atoms with Crippen LogP contribution in [0.3, 0.4) is 0 Å². The van der Waals surface area contributed by atoms with Gasteiger partial charge in [0.1, 0.15) is 5.82 Å². The van der Waals surface area contributed by atoms with Gasteiger partial charge in [-0.3, -0.25) is 0 Å². The third-order valence-corrected chi connectivity index (χ3v) is 3.79. The molecule has 2 atom stereocenters. The van der Waals surface area contributed by atoms with E-state index < -0.39 is 6.10 Å². The Balaban J connectivity index is 1.91. The van der Waals surface area contributed by atoms with Gasteiger partial charge in [0, 0.05) is 11.1 Å². The van der Waals surface area contributed by atoms with Gasteiger partial charge in [-0.05, 0) is 43.4 Å². The summed E-state index contributed by atoms with van der Waals surface area (Å²) in [4.78, 5) is 0. The second-order valence-electron chi connectivity index (χ2n) is 4.39. The molecule has 94 valence electrons. The molecule has 2 unspecified atom stereocenters. The van der Waals surface area contributed by atoms with Crippen LogP contribution < -0.4 is 0 Å². The second-order valence-corrected chi connectivity index (χ2v) is 5.25. The molecule has 1 aromatic rings. The Morgan fingerprint density at radius 1 is 1.53 bits per heavy atom. The molecule has 0 radical (unpaired) electrons. The number of benzene rings is 1. The molecule has 0 amide bonds. The summed E-state index contributed by atoms with van der Waals surface area (Å²) < 4.78 is 19.0. The summed E-state index contributed by atoms with van der Waals surface area (Å²) in [5.74, 6) is -0.299. The van der Waals surface area contributed by atoms with Gasteiger partial charge < -0.3 is 9.84 Å². The van der Waals surface area contributed by atoms with Crippen molar-refractivity contribution in [2.24, 2.45) is 0 Å². The zero-order chi connectivity index (χ0) is 12.3. The topological polar surface area (TPSA) is 29.5 Å². The molecule has 0 bridgehead atoms. The van der Waals surface area contributed by atoms with Gasteiger partial charge in [-0.15, -0.1) is 0 Å². The molecular weight excluding hydrogens is 287 g/mol. The summed E-state index contributed by atoms with van der Waals surface area (Å²) in [6, 6.07) is 4.37. The molecule has 2 nitrogen and oxygen atoms in total. The first-order chi connectivity index (χ1) is 8.16. The zero-order valence-electron chi connectivity index (χ0n) is 9.53. The lowest BCUT2D eigenvalue weighted by Gasteiger charge is -2.15. The van der Waals surface area contributed by atoms with Crippen LogP contribution in [0.5, 0.6) is 0 Å². The largest absolute Gasteiger partial charge is 0.388 e. The maximum absolute atomic E-state index is 12.9. The average Bonchev–Trinajstić information content (AvgIpc) is 2.78. The van der Waals surface area contributed by atoms with Gasteiger partial charge in [0.15, 0.2) is 0 Å². The molecule has 1 heterocycles. The summed E-state index contributed by atoms with van der Waals surface area (Å²) in [6.07, 6.45) is 3.41. The van der Waals surface area contributed by atoms with E-state index >= 15 is 0 Å². The Morgan fingerprint density at radius 2 is 2.35 bits per heavy atom. The minimum Gasteiger partial charge on any atom is -0.388 e. The van der Waals surface area contributed by atoms with E-state index in [0.29, 0.717) is 10.9 Å². The highest BCUT2D eigenvalue weighted by Crippen LogP contribution is 2.29. The van der Waals surface area contributed by atoms with E-state index in [-0.39, 0.29) is 11.9 Å². The monoisotopic (exact) mass is 302 g/mol. The Hall–Kier alpha value is -0.450. The number of ether oxygens (including phenoxy) is 1. The minimum absolute atomic E-state index is 0.281. The van der Waals surface area contributed by atoms with E-state index in [2.05, 4.69) is 15.9 Å². The lowest BCUT2D eigenvalue weighted by atomic mass is 10.0. The van der Waals surface area contributed by atoms with Crippen molar-refractivity contribution >= 4 is 15.9 Å². The zero-order valence-corrected chi connectivity index (χ0v) is 11.1. The molecule has 1 saturated heterocycles. The van der Waals surface area contributed by atoms with Crippen molar-refractivity contribution in [1.29, 1.82) is 0 Å². The van der Waals surface area contributed by atoms with Crippen LogP contribution in [0.4, 0.5) is 4.39 Å². The lowest BCUT2D eigenvalue weighted by Crippen LogP contribution is -2.08. The molecule has 1 fully saturated rings. The van der Waals surface area contributed by atoms with Gasteiger partial charge in [0.05, 0.1) is 12.2 Å². The predicted octanol–water partition coefficient (Wildman–Crippen LogP) is 3.58. The van der Waals surface area contributed by atoms with Crippen LogP contribution in [0.1, 0.15) is 37.4 Å². The van der Waals surface area contributed by atoms with Crippen molar-refractivity contribution in [1.82, 2.24) is 0 Å². The van der Waals surface area contributed by atoms with E-state index in [1.807, 2.05) is 0 Å². The molecule has 1 aromatic carbocycles. The fraction of sp³-hybridized carbons (Fsp3) is 0.538. The predicted molar refractivity (Wildman–Crippen MR) is 67.3 cm³/mol. The number of hydrogen-bond acceptors (Lipinski definition) is 2. The highest BCUT2D eigenvalue weighted by atomic mass is 79.9. The average molecular weight is 303 g/mol. The summed E-state index contributed by atoms with van der Waals surface area (Å²) in [7, 11) is 0. The van der Waals surface area contributed by atoms with Crippen molar-refractivity contribution in [3.8, 4) is 0 Å². The molecule has 0 saturated carbocycles. The van der Waals surface area contributed by atoms with Crippen LogP contribution in [0.15, 0.2) is 22.7 Å². The van der Waals surface area contributed by atoms with Crippen molar-refractivity contribution in [3.63, 3.8) is 0 Å². The van der Waals surface area contributed by atoms with Crippen LogP contribution in [0.2, 0.25) is 0 Å². The maximum atomic E-state index is 12.9. The standard InChI is InChI=1S/C13H16BrFO2/c14-12-8-9(15)3-5-11(12)13(16)6-4-10-2-1-7-17-10/h3,5,8,10,13,16H,1-2,4,6-7H2. The fourth-order valence-corrected chi connectivity index (χ4v) is 2.76. The van der Waals surface area contributed by atoms with Gasteiger partial charge in [0.2, 0.25) is 0 Å². The third-order valence-electron chi connectivity index (χ3n) is 3.11. The summed E-state index contributed by atoms with van der Waals surface area (Å²) in [5.41, 5.74) is 0.740. The van der Waals surface area contributed by atoms with Gasteiger partial charge in [-0.25, -0.2) is 4.39 Å². The van der Waals surface area contributed by atoms with Crippen molar-refractivity contribution in [3.05, 3.63) is 34.1 Å². The first-order valence-electron chi connectivity index (χ1n) is 5.91. The molecule has 0 spiro atoms. The smallest absolute Gasteiger partial charge is 0.124 e. The molecule has 1 N–H and O–H groups in total. The van der Waals surface area contributed by atoms with Gasteiger partial charge in [-0.2, -0.15) is 0 Å². The van der Waals surface area contributed by atoms with Crippen molar-refractivity contribution in [2.45, 2.75) is 37.9 Å². The minimum atomic E-state index is -0.561. The quantitative estimate of drug-likeness (QED) is 0.921. The van der Waals surface area contributed by atoms with E-state index in [1.165, 1.54) is 12.1 Å². The lowest BCUT2D eigenvalue weighted by molar-refractivity contribution is 0.0810. The molecule has 1 aliphatic heterocycles. The van der Waals surface area contributed by atoms with Crippen LogP contribution in [-0.4, -0.2) is 17.8 Å². The van der Waals surface area contributed by atoms with Gasteiger partial charge in [-0.1, -0.05) is 22.0 Å². The van der Waals surface area contributed by atoms with E-state index in [1.54, 1.807) is 6.07 Å². The fourth-order valence-electron chi connectivity index (χ4n) is 2.14. The number of hydrogen-bond donors (Lipinski definition) is 1. The summed E-state index contributed by atoms with van der Waals surface area (Å²) >= 11 is 3.27. The second kappa shape index (κ2) is 5.94. The third kappa shape index (κ3) is 3.50. The Labute approximate surface area is 109 Å². The summed E-state index contributed by atoms with van der Waals surface area (Å²) in [6.45, 7) is 0.834. The Morgan fingerprint density at radius 3 is 3.00 bits per heavy atom. The van der Waals surface area contributed by atoms with Crippen LogP contribution in [0.25, 0.3) is 0 Å². The van der Waals surface area contributed by atoms with Crippen molar-refractivity contribution < 1.29 is 14.2 Å². The first kappa shape index (κ1) is 13.0. The molecule has 4 heteroatoms. The van der Waals surface area contributed by atoms with Crippen LogP contribution in [-0.2, 0) is 4.74 Å². The first-order valence-corrected chi connectivity index (χ1v) is 6.70. The van der Waals surface area contributed by atoms with E-state index in [0.717, 1.165) is 31.4 Å².